The number of halogens is 3. The molecule has 3 N–H and O–H groups in total. The molecule has 6 nitrogen and oxygen atoms in total. The summed E-state index contributed by atoms with van der Waals surface area (Å²) >= 11 is 0. The maximum atomic E-state index is 14.5. The maximum absolute atomic E-state index is 14.5. The predicted octanol–water partition coefficient (Wildman–Crippen LogP) is 4.64. The van der Waals surface area contributed by atoms with Gasteiger partial charge in [-0.05, 0) is 42.5 Å². The molecule has 0 aliphatic rings. The van der Waals surface area contributed by atoms with Crippen LogP contribution in [0.25, 0.3) is 10.9 Å². The standard InChI is InChI=1S/C21H14F3N3O3S/c22-13-8-14(23)10-15(9-13)27-31(29,30)16-5-6-19(17(24)11-16)26-21(28)20-7-12-3-1-2-4-18(12)25-20/h1-11,25,27H,(H,26,28). The van der Waals surface area contributed by atoms with Crippen LogP contribution < -0.4 is 10.0 Å². The summed E-state index contributed by atoms with van der Waals surface area (Å²) in [7, 11) is -4.33. The first-order chi connectivity index (χ1) is 14.7. The van der Waals surface area contributed by atoms with Gasteiger partial charge in [-0.25, -0.2) is 21.6 Å². The number of carbonyl (C=O) groups excluding carboxylic acids is 1. The lowest BCUT2D eigenvalue weighted by atomic mass is 10.2. The average molecular weight is 445 g/mol. The number of aromatic amines is 1. The Kier molecular flexibility index (Phi) is 5.15. The minimum absolute atomic E-state index is 0.201. The van der Waals surface area contributed by atoms with Crippen molar-refractivity contribution in [3.63, 3.8) is 0 Å². The second-order valence-electron chi connectivity index (χ2n) is 6.63. The molecule has 1 amide bonds. The van der Waals surface area contributed by atoms with E-state index in [1.165, 1.54) is 0 Å². The SMILES string of the molecule is O=C(Nc1ccc(S(=O)(=O)Nc2cc(F)cc(F)c2)cc1F)c1cc2ccccc2[nH]1. The molecule has 10 heteroatoms. The van der Waals surface area contributed by atoms with Crippen molar-refractivity contribution in [1.82, 2.24) is 4.98 Å². The maximum Gasteiger partial charge on any atom is 0.272 e. The molecule has 4 rings (SSSR count). The van der Waals surface area contributed by atoms with E-state index in [2.05, 4.69) is 10.3 Å². The Hall–Kier alpha value is -3.79. The summed E-state index contributed by atoms with van der Waals surface area (Å²) in [6.07, 6.45) is 0. The number of amides is 1. The third-order valence-corrected chi connectivity index (χ3v) is 5.77. The zero-order chi connectivity index (χ0) is 22.2. The number of carbonyl (C=O) groups is 1. The Morgan fingerprint density at radius 2 is 1.58 bits per heavy atom. The summed E-state index contributed by atoms with van der Waals surface area (Å²) in [6.45, 7) is 0. The summed E-state index contributed by atoms with van der Waals surface area (Å²) in [4.78, 5) is 14.8. The largest absolute Gasteiger partial charge is 0.351 e. The van der Waals surface area contributed by atoms with Gasteiger partial charge in [-0.1, -0.05) is 18.2 Å². The number of fused-ring (bicyclic) bond motifs is 1. The van der Waals surface area contributed by atoms with Gasteiger partial charge in [-0.2, -0.15) is 0 Å². The molecule has 1 heterocycles. The number of benzene rings is 3. The zero-order valence-corrected chi connectivity index (χ0v) is 16.4. The molecule has 0 fully saturated rings. The van der Waals surface area contributed by atoms with Crippen molar-refractivity contribution in [2.45, 2.75) is 4.90 Å². The molecule has 0 spiro atoms. The summed E-state index contributed by atoms with van der Waals surface area (Å²) in [5.41, 5.74) is 0.343. The zero-order valence-electron chi connectivity index (χ0n) is 15.6. The van der Waals surface area contributed by atoms with Gasteiger partial charge in [-0.3, -0.25) is 9.52 Å². The molecular formula is C21H14F3N3O3S. The van der Waals surface area contributed by atoms with E-state index in [-0.39, 0.29) is 17.1 Å². The topological polar surface area (TPSA) is 91.1 Å². The minimum Gasteiger partial charge on any atom is -0.351 e. The van der Waals surface area contributed by atoms with Gasteiger partial charge in [0.1, 0.15) is 23.1 Å². The number of nitrogens with one attached hydrogen (secondary N) is 3. The van der Waals surface area contributed by atoms with Crippen LogP contribution in [0.4, 0.5) is 24.5 Å². The fourth-order valence-electron chi connectivity index (χ4n) is 2.98. The number of hydrogen-bond donors (Lipinski definition) is 3. The number of anilines is 2. The fraction of sp³-hybridized carbons (Fsp3) is 0. The van der Waals surface area contributed by atoms with Crippen LogP contribution in [0.3, 0.4) is 0 Å². The second kappa shape index (κ2) is 7.80. The molecule has 0 radical (unpaired) electrons. The molecular weight excluding hydrogens is 431 g/mol. The number of H-pyrrole nitrogens is 1. The summed E-state index contributed by atoms with van der Waals surface area (Å²) < 4.78 is 67.8. The van der Waals surface area contributed by atoms with Crippen LogP contribution in [0, 0.1) is 17.5 Å². The number of aromatic nitrogens is 1. The van der Waals surface area contributed by atoms with Crippen molar-refractivity contribution in [2.75, 3.05) is 10.0 Å². The van der Waals surface area contributed by atoms with E-state index in [9.17, 15) is 26.4 Å². The smallest absolute Gasteiger partial charge is 0.272 e. The summed E-state index contributed by atoms with van der Waals surface area (Å²) in [5.74, 6) is -3.56. The average Bonchev–Trinajstić information content (AvgIpc) is 3.12. The van der Waals surface area contributed by atoms with Crippen molar-refractivity contribution in [3.8, 4) is 0 Å². The minimum atomic E-state index is -4.33. The number of hydrogen-bond acceptors (Lipinski definition) is 3. The Balaban J connectivity index is 1.55. The second-order valence-corrected chi connectivity index (χ2v) is 8.31. The van der Waals surface area contributed by atoms with E-state index in [0.29, 0.717) is 12.1 Å². The lowest BCUT2D eigenvalue weighted by Crippen LogP contribution is -2.16. The van der Waals surface area contributed by atoms with Gasteiger partial charge in [0.25, 0.3) is 15.9 Å². The van der Waals surface area contributed by atoms with Gasteiger partial charge in [0, 0.05) is 17.0 Å². The molecule has 3 aromatic carbocycles. The Morgan fingerprint density at radius 1 is 0.871 bits per heavy atom. The first-order valence-corrected chi connectivity index (χ1v) is 10.4. The number of rotatable bonds is 5. The molecule has 0 saturated heterocycles. The van der Waals surface area contributed by atoms with Gasteiger partial charge in [0.15, 0.2) is 0 Å². The molecule has 158 valence electrons. The third kappa shape index (κ3) is 4.38. The van der Waals surface area contributed by atoms with E-state index < -0.39 is 38.3 Å². The molecule has 0 atom stereocenters. The summed E-state index contributed by atoms with van der Waals surface area (Å²) in [6, 6.07) is 13.8. The Bertz CT molecular complexity index is 1360. The van der Waals surface area contributed by atoms with E-state index in [1.807, 2.05) is 10.8 Å². The third-order valence-electron chi connectivity index (χ3n) is 4.39. The first-order valence-electron chi connectivity index (χ1n) is 8.89. The number of sulfonamides is 1. The summed E-state index contributed by atoms with van der Waals surface area (Å²) in [5, 5.41) is 3.17. The van der Waals surface area contributed by atoms with Crippen LogP contribution in [0.2, 0.25) is 0 Å². The molecule has 0 aliphatic heterocycles. The van der Waals surface area contributed by atoms with Gasteiger partial charge in [0.2, 0.25) is 0 Å². The van der Waals surface area contributed by atoms with Crippen LogP contribution in [-0.4, -0.2) is 19.3 Å². The monoisotopic (exact) mass is 445 g/mol. The Morgan fingerprint density at radius 3 is 2.26 bits per heavy atom. The molecule has 1 aromatic heterocycles. The Labute approximate surface area is 174 Å². The highest BCUT2D eigenvalue weighted by molar-refractivity contribution is 7.92. The van der Waals surface area contributed by atoms with Crippen molar-refractivity contribution in [3.05, 3.63) is 89.9 Å². The van der Waals surface area contributed by atoms with Crippen molar-refractivity contribution >= 4 is 38.2 Å². The van der Waals surface area contributed by atoms with E-state index in [4.69, 9.17) is 0 Å². The fourth-order valence-corrected chi connectivity index (χ4v) is 4.03. The quantitative estimate of drug-likeness (QED) is 0.418. The van der Waals surface area contributed by atoms with Crippen molar-refractivity contribution in [1.29, 1.82) is 0 Å². The van der Waals surface area contributed by atoms with Gasteiger partial charge >= 0.3 is 0 Å². The first kappa shape index (κ1) is 20.5. The molecule has 0 unspecified atom stereocenters. The highest BCUT2D eigenvalue weighted by Crippen LogP contribution is 2.23. The highest BCUT2D eigenvalue weighted by Gasteiger charge is 2.19. The van der Waals surface area contributed by atoms with Gasteiger partial charge < -0.3 is 10.3 Å². The van der Waals surface area contributed by atoms with Gasteiger partial charge in [-0.15, -0.1) is 0 Å². The lowest BCUT2D eigenvalue weighted by Gasteiger charge is -2.10. The van der Waals surface area contributed by atoms with Crippen LogP contribution in [0.1, 0.15) is 10.5 Å². The van der Waals surface area contributed by atoms with Crippen LogP contribution in [0.5, 0.6) is 0 Å². The molecule has 31 heavy (non-hydrogen) atoms. The van der Waals surface area contributed by atoms with E-state index in [1.54, 1.807) is 24.3 Å². The van der Waals surface area contributed by atoms with Crippen LogP contribution >= 0.6 is 0 Å². The molecule has 0 bridgehead atoms. The van der Waals surface area contributed by atoms with E-state index in [0.717, 1.165) is 35.2 Å². The van der Waals surface area contributed by atoms with Crippen molar-refractivity contribution in [2.24, 2.45) is 0 Å². The van der Waals surface area contributed by atoms with E-state index >= 15 is 0 Å². The van der Waals surface area contributed by atoms with Gasteiger partial charge in [0.05, 0.1) is 16.3 Å². The predicted molar refractivity (Wildman–Crippen MR) is 110 cm³/mol. The van der Waals surface area contributed by atoms with Crippen LogP contribution in [0.15, 0.2) is 71.6 Å². The highest BCUT2D eigenvalue weighted by atomic mass is 32.2. The van der Waals surface area contributed by atoms with Crippen LogP contribution in [-0.2, 0) is 10.0 Å². The molecule has 0 aliphatic carbocycles. The van der Waals surface area contributed by atoms with Crippen molar-refractivity contribution < 1.29 is 26.4 Å². The molecule has 0 saturated carbocycles. The molecule has 4 aromatic rings. The lowest BCUT2D eigenvalue weighted by molar-refractivity contribution is 0.102. The normalized spacial score (nSPS) is 11.5. The number of para-hydroxylation sites is 1.